The standard InChI is InChI=1S/C17H18O2/c1-12-8-9-15(10-13(12)2)11-19-17-7-5-4-6-16(17)14(3)18/h4-10H,11H2,1-3H3. The van der Waals surface area contributed by atoms with Crippen LogP contribution < -0.4 is 4.74 Å². The second kappa shape index (κ2) is 5.70. The summed E-state index contributed by atoms with van der Waals surface area (Å²) in [5.41, 5.74) is 4.27. The van der Waals surface area contributed by atoms with Crippen molar-refractivity contribution in [3.63, 3.8) is 0 Å². The molecule has 0 aliphatic heterocycles. The van der Waals surface area contributed by atoms with Crippen molar-refractivity contribution >= 4 is 5.78 Å². The summed E-state index contributed by atoms with van der Waals surface area (Å²) < 4.78 is 5.76. The molecule has 2 aromatic carbocycles. The monoisotopic (exact) mass is 254 g/mol. The molecule has 0 unspecified atom stereocenters. The number of hydrogen-bond donors (Lipinski definition) is 0. The summed E-state index contributed by atoms with van der Waals surface area (Å²) in [5.74, 6) is 0.670. The van der Waals surface area contributed by atoms with Gasteiger partial charge in [0.1, 0.15) is 12.4 Å². The van der Waals surface area contributed by atoms with Gasteiger partial charge in [0, 0.05) is 0 Å². The molecular weight excluding hydrogens is 236 g/mol. The van der Waals surface area contributed by atoms with Crippen molar-refractivity contribution in [3.8, 4) is 5.75 Å². The van der Waals surface area contributed by atoms with E-state index in [0.717, 1.165) is 5.56 Å². The van der Waals surface area contributed by atoms with Gasteiger partial charge < -0.3 is 4.74 Å². The van der Waals surface area contributed by atoms with Crippen LogP contribution in [0, 0.1) is 13.8 Å². The molecule has 0 atom stereocenters. The predicted molar refractivity (Wildman–Crippen MR) is 76.7 cm³/mol. The molecule has 0 saturated carbocycles. The second-order valence-corrected chi connectivity index (χ2v) is 4.76. The Morgan fingerprint density at radius 1 is 1.05 bits per heavy atom. The van der Waals surface area contributed by atoms with E-state index in [1.165, 1.54) is 11.1 Å². The summed E-state index contributed by atoms with van der Waals surface area (Å²) in [6, 6.07) is 13.6. The Bertz CT molecular complexity index is 600. The van der Waals surface area contributed by atoms with Crippen molar-refractivity contribution in [1.29, 1.82) is 0 Å². The molecule has 0 aliphatic carbocycles. The topological polar surface area (TPSA) is 26.3 Å². The lowest BCUT2D eigenvalue weighted by atomic mass is 10.1. The number of carbonyl (C=O) groups excluding carboxylic acids is 1. The fourth-order valence-electron chi connectivity index (χ4n) is 1.94. The zero-order valence-electron chi connectivity index (χ0n) is 11.6. The van der Waals surface area contributed by atoms with Gasteiger partial charge in [-0.3, -0.25) is 4.79 Å². The molecule has 0 bridgehead atoms. The maximum absolute atomic E-state index is 11.5. The first kappa shape index (κ1) is 13.3. The van der Waals surface area contributed by atoms with Crippen molar-refractivity contribution in [1.82, 2.24) is 0 Å². The van der Waals surface area contributed by atoms with E-state index in [9.17, 15) is 4.79 Å². The van der Waals surface area contributed by atoms with Crippen molar-refractivity contribution in [2.24, 2.45) is 0 Å². The molecule has 0 aromatic heterocycles. The van der Waals surface area contributed by atoms with Gasteiger partial charge in [0.2, 0.25) is 0 Å². The van der Waals surface area contributed by atoms with Gasteiger partial charge in [-0.2, -0.15) is 0 Å². The molecule has 0 saturated heterocycles. The Balaban J connectivity index is 2.14. The summed E-state index contributed by atoms with van der Waals surface area (Å²) in [6.07, 6.45) is 0. The summed E-state index contributed by atoms with van der Waals surface area (Å²) in [7, 11) is 0. The first-order valence-corrected chi connectivity index (χ1v) is 6.37. The lowest BCUT2D eigenvalue weighted by molar-refractivity contribution is 0.101. The van der Waals surface area contributed by atoms with E-state index >= 15 is 0 Å². The van der Waals surface area contributed by atoms with Crippen LogP contribution in [0.4, 0.5) is 0 Å². The zero-order valence-corrected chi connectivity index (χ0v) is 11.6. The lowest BCUT2D eigenvalue weighted by Crippen LogP contribution is -2.01. The highest BCUT2D eigenvalue weighted by atomic mass is 16.5. The molecule has 98 valence electrons. The molecule has 2 aromatic rings. The Morgan fingerprint density at radius 2 is 1.79 bits per heavy atom. The molecule has 2 heteroatoms. The Morgan fingerprint density at radius 3 is 2.47 bits per heavy atom. The van der Waals surface area contributed by atoms with Crippen LogP contribution in [0.25, 0.3) is 0 Å². The zero-order chi connectivity index (χ0) is 13.8. The summed E-state index contributed by atoms with van der Waals surface area (Å²) in [5, 5.41) is 0. The highest BCUT2D eigenvalue weighted by Crippen LogP contribution is 2.20. The van der Waals surface area contributed by atoms with Crippen LogP contribution in [0.1, 0.15) is 34.0 Å². The number of carbonyl (C=O) groups is 1. The number of rotatable bonds is 4. The smallest absolute Gasteiger partial charge is 0.163 e. The first-order chi connectivity index (χ1) is 9.08. The van der Waals surface area contributed by atoms with E-state index in [1.807, 2.05) is 18.2 Å². The fourth-order valence-corrected chi connectivity index (χ4v) is 1.94. The highest BCUT2D eigenvalue weighted by Gasteiger charge is 2.07. The van der Waals surface area contributed by atoms with Crippen LogP contribution in [-0.2, 0) is 6.61 Å². The van der Waals surface area contributed by atoms with Gasteiger partial charge in [0.25, 0.3) is 0 Å². The summed E-state index contributed by atoms with van der Waals surface area (Å²) in [6.45, 7) is 6.21. The fraction of sp³-hybridized carbons (Fsp3) is 0.235. The average Bonchev–Trinajstić information content (AvgIpc) is 2.40. The van der Waals surface area contributed by atoms with Crippen LogP contribution in [0.5, 0.6) is 5.75 Å². The minimum Gasteiger partial charge on any atom is -0.488 e. The average molecular weight is 254 g/mol. The molecule has 0 spiro atoms. The van der Waals surface area contributed by atoms with Gasteiger partial charge in [-0.25, -0.2) is 0 Å². The molecule has 0 aliphatic rings. The Kier molecular flexibility index (Phi) is 4.00. The maximum Gasteiger partial charge on any atom is 0.163 e. The van der Waals surface area contributed by atoms with Crippen molar-refractivity contribution in [3.05, 3.63) is 64.7 Å². The largest absolute Gasteiger partial charge is 0.488 e. The first-order valence-electron chi connectivity index (χ1n) is 6.37. The third kappa shape index (κ3) is 3.22. The van der Waals surface area contributed by atoms with Crippen LogP contribution in [0.2, 0.25) is 0 Å². The van der Waals surface area contributed by atoms with Gasteiger partial charge in [-0.1, -0.05) is 30.3 Å². The van der Waals surface area contributed by atoms with Gasteiger partial charge in [-0.15, -0.1) is 0 Å². The third-order valence-corrected chi connectivity index (χ3v) is 3.23. The van der Waals surface area contributed by atoms with Gasteiger partial charge in [0.15, 0.2) is 5.78 Å². The molecule has 0 radical (unpaired) electrons. The second-order valence-electron chi connectivity index (χ2n) is 4.76. The lowest BCUT2D eigenvalue weighted by Gasteiger charge is -2.10. The van der Waals surface area contributed by atoms with E-state index in [4.69, 9.17) is 4.74 Å². The van der Waals surface area contributed by atoms with Crippen LogP contribution in [-0.4, -0.2) is 5.78 Å². The van der Waals surface area contributed by atoms with E-state index in [-0.39, 0.29) is 5.78 Å². The predicted octanol–water partition coefficient (Wildman–Crippen LogP) is 4.09. The van der Waals surface area contributed by atoms with Crippen LogP contribution in [0.3, 0.4) is 0 Å². The minimum atomic E-state index is 0.0238. The quantitative estimate of drug-likeness (QED) is 0.768. The molecule has 2 nitrogen and oxygen atoms in total. The van der Waals surface area contributed by atoms with Gasteiger partial charge in [0.05, 0.1) is 5.56 Å². The molecule has 0 amide bonds. The summed E-state index contributed by atoms with van der Waals surface area (Å²) in [4.78, 5) is 11.5. The number of para-hydroxylation sites is 1. The van der Waals surface area contributed by atoms with Crippen LogP contribution in [0.15, 0.2) is 42.5 Å². The van der Waals surface area contributed by atoms with Crippen molar-refractivity contribution in [2.75, 3.05) is 0 Å². The molecule has 19 heavy (non-hydrogen) atoms. The molecule has 0 heterocycles. The van der Waals surface area contributed by atoms with E-state index < -0.39 is 0 Å². The van der Waals surface area contributed by atoms with E-state index in [2.05, 4.69) is 32.0 Å². The number of Topliss-reactive ketones (excluding diaryl/α,β-unsaturated/α-hetero) is 1. The normalized spacial score (nSPS) is 10.3. The Hall–Kier alpha value is -2.09. The molecular formula is C17H18O2. The minimum absolute atomic E-state index is 0.0238. The SMILES string of the molecule is CC(=O)c1ccccc1OCc1ccc(C)c(C)c1. The van der Waals surface area contributed by atoms with Crippen molar-refractivity contribution < 1.29 is 9.53 Å². The van der Waals surface area contributed by atoms with Gasteiger partial charge >= 0.3 is 0 Å². The number of aryl methyl sites for hydroxylation is 2. The van der Waals surface area contributed by atoms with Crippen molar-refractivity contribution in [2.45, 2.75) is 27.4 Å². The number of hydrogen-bond acceptors (Lipinski definition) is 2. The maximum atomic E-state index is 11.5. The van der Waals surface area contributed by atoms with E-state index in [0.29, 0.717) is 17.9 Å². The Labute approximate surface area is 114 Å². The van der Waals surface area contributed by atoms with E-state index in [1.54, 1.807) is 13.0 Å². The van der Waals surface area contributed by atoms with Crippen LogP contribution >= 0.6 is 0 Å². The number of ether oxygens (including phenoxy) is 1. The molecule has 2 rings (SSSR count). The summed E-state index contributed by atoms with van der Waals surface area (Å²) >= 11 is 0. The highest BCUT2D eigenvalue weighted by molar-refractivity contribution is 5.96. The molecule has 0 fully saturated rings. The molecule has 0 N–H and O–H groups in total. The van der Waals surface area contributed by atoms with Gasteiger partial charge in [-0.05, 0) is 49.6 Å². The number of benzene rings is 2. The number of ketones is 1. The third-order valence-electron chi connectivity index (χ3n) is 3.23.